The van der Waals surface area contributed by atoms with Gasteiger partial charge in [0.25, 0.3) is 11.8 Å². The highest BCUT2D eigenvalue weighted by Crippen LogP contribution is 2.19. The molecule has 1 saturated heterocycles. The van der Waals surface area contributed by atoms with Gasteiger partial charge >= 0.3 is 0 Å². The quantitative estimate of drug-likeness (QED) is 0.733. The summed E-state index contributed by atoms with van der Waals surface area (Å²) in [4.78, 5) is 24.7. The van der Waals surface area contributed by atoms with Gasteiger partial charge in [0.2, 0.25) is 0 Å². The second-order valence-electron chi connectivity index (χ2n) is 6.87. The molecule has 0 saturated carbocycles. The normalized spacial score (nSPS) is 16.1. The molecular formula is C21H24FN3O2. The van der Waals surface area contributed by atoms with Gasteiger partial charge in [-0.1, -0.05) is 18.2 Å². The van der Waals surface area contributed by atoms with Crippen molar-refractivity contribution in [2.24, 2.45) is 5.92 Å². The number of carbonyl (C=O) groups excluding carboxylic acids is 2. The lowest BCUT2D eigenvalue weighted by Crippen LogP contribution is -2.26. The lowest BCUT2D eigenvalue weighted by Gasteiger charge is -2.12. The van der Waals surface area contributed by atoms with Crippen molar-refractivity contribution < 1.29 is 14.0 Å². The van der Waals surface area contributed by atoms with Gasteiger partial charge in [-0.2, -0.15) is 0 Å². The molecule has 2 amide bonds. The molecule has 3 rings (SSSR count). The summed E-state index contributed by atoms with van der Waals surface area (Å²) in [5.74, 6) is -0.688. The Morgan fingerprint density at radius 1 is 1.19 bits per heavy atom. The first kappa shape index (κ1) is 19.0. The molecule has 1 aliphatic heterocycles. The fraction of sp³-hybridized carbons (Fsp3) is 0.333. The summed E-state index contributed by atoms with van der Waals surface area (Å²) < 4.78 is 13.8. The molecular weight excluding hydrogens is 345 g/mol. The molecule has 1 aliphatic rings. The molecule has 0 aromatic heterocycles. The highest BCUT2D eigenvalue weighted by Gasteiger charge is 2.16. The Morgan fingerprint density at radius 3 is 2.74 bits per heavy atom. The van der Waals surface area contributed by atoms with Crippen LogP contribution in [0.25, 0.3) is 0 Å². The third-order valence-corrected chi connectivity index (χ3v) is 4.87. The number of amides is 2. The van der Waals surface area contributed by atoms with E-state index in [1.165, 1.54) is 18.2 Å². The van der Waals surface area contributed by atoms with Gasteiger partial charge < -0.3 is 16.0 Å². The molecule has 0 radical (unpaired) electrons. The standard InChI is InChI=1S/C21H24FN3O2/c1-14-6-7-16(20(26)24-11-9-15-8-10-23-13-15)12-19(14)25-21(27)17-4-2-3-5-18(17)22/h2-7,12,15,23H,8-11,13H2,1H3,(H,24,26)(H,25,27). The third-order valence-electron chi connectivity index (χ3n) is 4.87. The van der Waals surface area contributed by atoms with Crippen LogP contribution >= 0.6 is 0 Å². The largest absolute Gasteiger partial charge is 0.352 e. The number of nitrogens with one attached hydrogen (secondary N) is 3. The summed E-state index contributed by atoms with van der Waals surface area (Å²) in [7, 11) is 0. The number of carbonyl (C=O) groups is 2. The first-order chi connectivity index (χ1) is 13.0. The van der Waals surface area contributed by atoms with Crippen molar-refractivity contribution in [1.29, 1.82) is 0 Å². The lowest BCUT2D eigenvalue weighted by atomic mass is 10.0. The molecule has 2 aromatic rings. The van der Waals surface area contributed by atoms with Crippen LogP contribution in [0.1, 0.15) is 39.1 Å². The number of benzene rings is 2. The van der Waals surface area contributed by atoms with Crippen molar-refractivity contribution in [3.05, 3.63) is 65.0 Å². The zero-order valence-electron chi connectivity index (χ0n) is 15.3. The summed E-state index contributed by atoms with van der Waals surface area (Å²) in [5.41, 5.74) is 1.73. The predicted molar refractivity (Wildman–Crippen MR) is 103 cm³/mol. The Bertz CT molecular complexity index is 832. The van der Waals surface area contributed by atoms with Crippen molar-refractivity contribution in [1.82, 2.24) is 10.6 Å². The molecule has 1 fully saturated rings. The van der Waals surface area contributed by atoms with Crippen LogP contribution in [0.15, 0.2) is 42.5 Å². The van der Waals surface area contributed by atoms with Crippen molar-refractivity contribution in [2.45, 2.75) is 19.8 Å². The van der Waals surface area contributed by atoms with E-state index in [0.29, 0.717) is 23.7 Å². The SMILES string of the molecule is Cc1ccc(C(=O)NCCC2CCNC2)cc1NC(=O)c1ccccc1F. The van der Waals surface area contributed by atoms with Crippen LogP contribution in [0.5, 0.6) is 0 Å². The monoisotopic (exact) mass is 369 g/mol. The van der Waals surface area contributed by atoms with E-state index in [-0.39, 0.29) is 11.5 Å². The van der Waals surface area contributed by atoms with Crippen molar-refractivity contribution in [3.8, 4) is 0 Å². The average Bonchev–Trinajstić information content (AvgIpc) is 3.17. The smallest absolute Gasteiger partial charge is 0.258 e. The van der Waals surface area contributed by atoms with Gasteiger partial charge in [-0.15, -0.1) is 0 Å². The molecule has 5 nitrogen and oxygen atoms in total. The van der Waals surface area contributed by atoms with Crippen LogP contribution in [-0.2, 0) is 0 Å². The third kappa shape index (κ3) is 4.92. The Balaban J connectivity index is 1.63. The van der Waals surface area contributed by atoms with Crippen LogP contribution < -0.4 is 16.0 Å². The zero-order chi connectivity index (χ0) is 19.2. The molecule has 0 spiro atoms. The predicted octanol–water partition coefficient (Wildman–Crippen LogP) is 3.12. The van der Waals surface area contributed by atoms with Crippen LogP contribution in [0.4, 0.5) is 10.1 Å². The van der Waals surface area contributed by atoms with Crippen LogP contribution in [-0.4, -0.2) is 31.4 Å². The molecule has 1 unspecified atom stereocenters. The van der Waals surface area contributed by atoms with Gasteiger partial charge in [0.1, 0.15) is 5.82 Å². The first-order valence-electron chi connectivity index (χ1n) is 9.20. The fourth-order valence-electron chi connectivity index (χ4n) is 3.19. The second kappa shape index (κ2) is 8.77. The maximum atomic E-state index is 13.8. The Kier molecular flexibility index (Phi) is 6.19. The molecule has 1 heterocycles. The number of anilines is 1. The fourth-order valence-corrected chi connectivity index (χ4v) is 3.19. The van der Waals surface area contributed by atoms with E-state index in [4.69, 9.17) is 0 Å². The average molecular weight is 369 g/mol. The topological polar surface area (TPSA) is 70.2 Å². The van der Waals surface area contributed by atoms with Crippen molar-refractivity contribution in [2.75, 3.05) is 25.0 Å². The maximum Gasteiger partial charge on any atom is 0.258 e. The summed E-state index contributed by atoms with van der Waals surface area (Å²) in [6.07, 6.45) is 2.09. The zero-order valence-corrected chi connectivity index (χ0v) is 15.3. The minimum absolute atomic E-state index is 0.0306. The number of rotatable bonds is 6. The minimum Gasteiger partial charge on any atom is -0.352 e. The van der Waals surface area contributed by atoms with E-state index < -0.39 is 11.7 Å². The Labute approximate surface area is 158 Å². The van der Waals surface area contributed by atoms with Gasteiger partial charge in [-0.25, -0.2) is 4.39 Å². The molecule has 27 heavy (non-hydrogen) atoms. The van der Waals surface area contributed by atoms with E-state index in [1.54, 1.807) is 24.3 Å². The number of hydrogen-bond donors (Lipinski definition) is 3. The highest BCUT2D eigenvalue weighted by molar-refractivity contribution is 6.05. The molecule has 0 bridgehead atoms. The highest BCUT2D eigenvalue weighted by atomic mass is 19.1. The number of aryl methyl sites for hydroxylation is 1. The summed E-state index contributed by atoms with van der Waals surface area (Å²) in [5, 5.41) is 8.94. The number of hydrogen-bond acceptors (Lipinski definition) is 3. The molecule has 142 valence electrons. The first-order valence-corrected chi connectivity index (χ1v) is 9.20. The van der Waals surface area contributed by atoms with Crippen LogP contribution in [0, 0.1) is 18.7 Å². The van der Waals surface area contributed by atoms with Crippen molar-refractivity contribution in [3.63, 3.8) is 0 Å². The molecule has 2 aromatic carbocycles. The maximum absolute atomic E-state index is 13.8. The van der Waals surface area contributed by atoms with E-state index in [1.807, 2.05) is 6.92 Å². The Hall–Kier alpha value is -2.73. The van der Waals surface area contributed by atoms with Crippen LogP contribution in [0.2, 0.25) is 0 Å². The summed E-state index contributed by atoms with van der Waals surface area (Å²) >= 11 is 0. The van der Waals surface area contributed by atoms with E-state index >= 15 is 0 Å². The summed E-state index contributed by atoms with van der Waals surface area (Å²) in [6.45, 7) is 4.50. The van der Waals surface area contributed by atoms with Gasteiger partial charge in [0.15, 0.2) is 0 Å². The van der Waals surface area contributed by atoms with Gasteiger partial charge in [0, 0.05) is 17.8 Å². The summed E-state index contributed by atoms with van der Waals surface area (Å²) in [6, 6.07) is 10.9. The van der Waals surface area contributed by atoms with Gasteiger partial charge in [0.05, 0.1) is 5.56 Å². The van der Waals surface area contributed by atoms with Gasteiger partial charge in [-0.05, 0) is 68.6 Å². The van der Waals surface area contributed by atoms with E-state index in [9.17, 15) is 14.0 Å². The van der Waals surface area contributed by atoms with E-state index in [0.717, 1.165) is 31.5 Å². The Morgan fingerprint density at radius 2 is 2.00 bits per heavy atom. The molecule has 6 heteroatoms. The van der Waals surface area contributed by atoms with Crippen molar-refractivity contribution >= 4 is 17.5 Å². The van der Waals surface area contributed by atoms with E-state index in [2.05, 4.69) is 16.0 Å². The molecule has 1 atom stereocenters. The second-order valence-corrected chi connectivity index (χ2v) is 6.87. The minimum atomic E-state index is -0.581. The van der Waals surface area contributed by atoms with Gasteiger partial charge in [-0.3, -0.25) is 9.59 Å². The van der Waals surface area contributed by atoms with Crippen LogP contribution in [0.3, 0.4) is 0 Å². The number of halogens is 1. The molecule has 3 N–H and O–H groups in total. The lowest BCUT2D eigenvalue weighted by molar-refractivity contribution is 0.0950. The molecule has 0 aliphatic carbocycles.